The molecule has 26 heavy (non-hydrogen) atoms. The normalized spacial score (nSPS) is 11.7. The van der Waals surface area contributed by atoms with E-state index >= 15 is 0 Å². The number of carboxylic acid groups (broad SMARTS) is 1. The van der Waals surface area contributed by atoms with Crippen molar-refractivity contribution < 1.29 is 19.5 Å². The number of carbonyl (C=O) groups excluding carboxylic acids is 2. The van der Waals surface area contributed by atoms with E-state index in [1.165, 1.54) is 11.8 Å². The van der Waals surface area contributed by atoms with Crippen molar-refractivity contribution in [2.24, 2.45) is 0 Å². The molecule has 0 saturated heterocycles. The zero-order chi connectivity index (χ0) is 18.9. The van der Waals surface area contributed by atoms with Gasteiger partial charge in [-0.05, 0) is 37.3 Å². The van der Waals surface area contributed by atoms with Crippen molar-refractivity contribution in [2.45, 2.75) is 17.1 Å². The summed E-state index contributed by atoms with van der Waals surface area (Å²) >= 11 is 1.34. The van der Waals surface area contributed by atoms with E-state index in [1.807, 2.05) is 6.07 Å². The Balaban J connectivity index is 1.95. The molecule has 0 aliphatic rings. The minimum absolute atomic E-state index is 0.153. The zero-order valence-electron chi connectivity index (χ0n) is 13.9. The van der Waals surface area contributed by atoms with Crippen LogP contribution in [0.3, 0.4) is 0 Å². The number of anilines is 2. The van der Waals surface area contributed by atoms with E-state index in [1.54, 1.807) is 49.6 Å². The lowest BCUT2D eigenvalue weighted by Crippen LogP contribution is -2.22. The van der Waals surface area contributed by atoms with Crippen LogP contribution in [0.1, 0.15) is 6.92 Å². The third-order valence-corrected chi connectivity index (χ3v) is 4.20. The van der Waals surface area contributed by atoms with Crippen molar-refractivity contribution in [1.82, 2.24) is 4.98 Å². The van der Waals surface area contributed by atoms with Gasteiger partial charge in [0, 0.05) is 40.8 Å². The Morgan fingerprint density at radius 3 is 2.50 bits per heavy atom. The van der Waals surface area contributed by atoms with Gasteiger partial charge in [-0.2, -0.15) is 0 Å². The highest BCUT2D eigenvalue weighted by atomic mass is 32.2. The molecular formula is C18H17N3O4S. The van der Waals surface area contributed by atoms with Crippen LogP contribution < -0.4 is 10.6 Å². The molecule has 1 aromatic carbocycles. The first-order valence-electron chi connectivity index (χ1n) is 7.63. The van der Waals surface area contributed by atoms with Gasteiger partial charge in [-0.3, -0.25) is 14.6 Å². The van der Waals surface area contributed by atoms with Crippen LogP contribution in [0.25, 0.3) is 0 Å². The molecule has 2 rings (SSSR count). The van der Waals surface area contributed by atoms with Gasteiger partial charge in [-0.1, -0.05) is 6.07 Å². The summed E-state index contributed by atoms with van der Waals surface area (Å²) in [6, 6.07) is 10.4. The van der Waals surface area contributed by atoms with Crippen LogP contribution in [-0.2, 0) is 14.4 Å². The summed E-state index contributed by atoms with van der Waals surface area (Å²) in [6.45, 7) is 1.78. The summed E-state index contributed by atoms with van der Waals surface area (Å²) in [6.07, 6.45) is 4.89. The zero-order valence-corrected chi connectivity index (χ0v) is 14.7. The van der Waals surface area contributed by atoms with Gasteiger partial charge < -0.3 is 15.7 Å². The average Bonchev–Trinajstić information content (AvgIpc) is 2.61. The number of pyridine rings is 1. The Labute approximate surface area is 154 Å². The second-order valence-electron chi connectivity index (χ2n) is 5.17. The number of carbonyl (C=O) groups is 3. The van der Waals surface area contributed by atoms with Crippen LogP contribution in [0, 0.1) is 0 Å². The van der Waals surface area contributed by atoms with Gasteiger partial charge in [0.2, 0.25) is 11.8 Å². The molecule has 7 nitrogen and oxygen atoms in total. The van der Waals surface area contributed by atoms with Crippen molar-refractivity contribution in [2.75, 3.05) is 10.6 Å². The minimum Gasteiger partial charge on any atom is -0.478 e. The number of thioether (sulfide) groups is 1. The molecule has 0 fully saturated rings. The maximum Gasteiger partial charge on any atom is 0.328 e. The molecule has 2 aromatic rings. The van der Waals surface area contributed by atoms with Crippen molar-refractivity contribution in [1.29, 1.82) is 0 Å². The quantitative estimate of drug-likeness (QED) is 0.510. The first kappa shape index (κ1) is 19.2. The second kappa shape index (κ2) is 9.38. The van der Waals surface area contributed by atoms with E-state index in [0.717, 1.165) is 17.0 Å². The van der Waals surface area contributed by atoms with Crippen LogP contribution in [-0.4, -0.2) is 33.1 Å². The SMILES string of the molecule is CC(Sc1cccc(NC(=O)/C=C/C(=O)O)c1)C(=O)Nc1ccncc1. The maximum atomic E-state index is 12.2. The number of benzene rings is 1. The van der Waals surface area contributed by atoms with Crippen molar-refractivity contribution in [3.63, 3.8) is 0 Å². The summed E-state index contributed by atoms with van der Waals surface area (Å²) in [4.78, 5) is 39.0. The number of aromatic nitrogens is 1. The molecular weight excluding hydrogens is 354 g/mol. The first-order chi connectivity index (χ1) is 12.4. The van der Waals surface area contributed by atoms with E-state index in [2.05, 4.69) is 15.6 Å². The molecule has 1 atom stereocenters. The Kier molecular flexibility index (Phi) is 6.92. The molecule has 8 heteroatoms. The van der Waals surface area contributed by atoms with E-state index in [0.29, 0.717) is 11.4 Å². The highest BCUT2D eigenvalue weighted by Gasteiger charge is 2.15. The number of hydrogen-bond acceptors (Lipinski definition) is 5. The fraction of sp³-hybridized carbons (Fsp3) is 0.111. The molecule has 0 spiro atoms. The molecule has 0 aliphatic carbocycles. The van der Waals surface area contributed by atoms with Gasteiger partial charge in [0.15, 0.2) is 0 Å². The Bertz CT molecular complexity index is 824. The summed E-state index contributed by atoms with van der Waals surface area (Å²) in [5, 5.41) is 13.5. The van der Waals surface area contributed by atoms with E-state index in [-0.39, 0.29) is 11.2 Å². The highest BCUT2D eigenvalue weighted by molar-refractivity contribution is 8.00. The molecule has 0 radical (unpaired) electrons. The number of hydrogen-bond donors (Lipinski definition) is 3. The number of carboxylic acids is 1. The first-order valence-corrected chi connectivity index (χ1v) is 8.51. The Morgan fingerprint density at radius 2 is 1.81 bits per heavy atom. The fourth-order valence-corrected chi connectivity index (χ4v) is 2.84. The number of nitrogens with one attached hydrogen (secondary N) is 2. The largest absolute Gasteiger partial charge is 0.478 e. The lowest BCUT2D eigenvalue weighted by atomic mass is 10.3. The lowest BCUT2D eigenvalue weighted by Gasteiger charge is -2.12. The molecule has 134 valence electrons. The minimum atomic E-state index is -1.20. The summed E-state index contributed by atoms with van der Waals surface area (Å²) < 4.78 is 0. The predicted octanol–water partition coefficient (Wildman–Crippen LogP) is 2.78. The van der Waals surface area contributed by atoms with Gasteiger partial charge in [0.05, 0.1) is 5.25 Å². The average molecular weight is 371 g/mol. The third kappa shape index (κ3) is 6.40. The summed E-state index contributed by atoms with van der Waals surface area (Å²) in [5.41, 5.74) is 1.18. The lowest BCUT2D eigenvalue weighted by molar-refractivity contribution is -0.131. The standard InChI is InChI=1S/C18H17N3O4S/c1-12(18(25)21-13-7-9-19-10-8-13)26-15-4-2-3-14(11-15)20-16(22)5-6-17(23)24/h2-12H,1H3,(H,20,22)(H,23,24)(H,19,21,25)/b6-5+. The van der Waals surface area contributed by atoms with Gasteiger partial charge in [0.1, 0.15) is 0 Å². The van der Waals surface area contributed by atoms with E-state index < -0.39 is 11.9 Å². The van der Waals surface area contributed by atoms with Gasteiger partial charge >= 0.3 is 5.97 Å². The number of nitrogens with zero attached hydrogens (tertiary/aromatic N) is 1. The Hall–Kier alpha value is -3.13. The van der Waals surface area contributed by atoms with Crippen LogP contribution in [0.2, 0.25) is 0 Å². The molecule has 0 aliphatic heterocycles. The summed E-state index contributed by atoms with van der Waals surface area (Å²) in [5.74, 6) is -1.89. The highest BCUT2D eigenvalue weighted by Crippen LogP contribution is 2.26. The van der Waals surface area contributed by atoms with Crippen molar-refractivity contribution in [3.05, 3.63) is 60.9 Å². The van der Waals surface area contributed by atoms with E-state index in [9.17, 15) is 14.4 Å². The second-order valence-corrected chi connectivity index (χ2v) is 6.59. The van der Waals surface area contributed by atoms with Crippen LogP contribution in [0.4, 0.5) is 11.4 Å². The molecule has 0 saturated carbocycles. The predicted molar refractivity (Wildman–Crippen MR) is 100 cm³/mol. The number of amides is 2. The monoisotopic (exact) mass is 371 g/mol. The number of aliphatic carboxylic acids is 1. The molecule has 3 N–H and O–H groups in total. The molecule has 1 unspecified atom stereocenters. The van der Waals surface area contributed by atoms with Gasteiger partial charge in [-0.25, -0.2) is 4.79 Å². The number of rotatable bonds is 7. The smallest absolute Gasteiger partial charge is 0.328 e. The van der Waals surface area contributed by atoms with Crippen molar-refractivity contribution in [3.8, 4) is 0 Å². The molecule has 2 amide bonds. The van der Waals surface area contributed by atoms with Crippen molar-refractivity contribution >= 4 is 40.9 Å². The van der Waals surface area contributed by atoms with E-state index in [4.69, 9.17) is 5.11 Å². The topological polar surface area (TPSA) is 108 Å². The summed E-state index contributed by atoms with van der Waals surface area (Å²) in [7, 11) is 0. The Morgan fingerprint density at radius 1 is 1.08 bits per heavy atom. The fourth-order valence-electron chi connectivity index (χ4n) is 1.91. The van der Waals surface area contributed by atoms with Gasteiger partial charge in [-0.15, -0.1) is 11.8 Å². The van der Waals surface area contributed by atoms with Crippen LogP contribution in [0.15, 0.2) is 65.8 Å². The molecule has 1 aromatic heterocycles. The van der Waals surface area contributed by atoms with Crippen LogP contribution >= 0.6 is 11.8 Å². The molecule has 0 bridgehead atoms. The third-order valence-electron chi connectivity index (χ3n) is 3.11. The molecule has 1 heterocycles. The van der Waals surface area contributed by atoms with Crippen LogP contribution in [0.5, 0.6) is 0 Å². The maximum absolute atomic E-state index is 12.2. The van der Waals surface area contributed by atoms with Gasteiger partial charge in [0.25, 0.3) is 0 Å².